The molecule has 2 aromatic rings. The van der Waals surface area contributed by atoms with Crippen LogP contribution in [-0.4, -0.2) is 13.7 Å². The van der Waals surface area contributed by atoms with Crippen molar-refractivity contribution in [2.24, 2.45) is 5.73 Å². The van der Waals surface area contributed by atoms with Crippen molar-refractivity contribution in [2.75, 3.05) is 13.7 Å². The molecule has 0 atom stereocenters. The summed E-state index contributed by atoms with van der Waals surface area (Å²) >= 11 is 0. The number of ether oxygens (including phenoxy) is 1. The molecule has 0 aliphatic carbocycles. The topological polar surface area (TPSA) is 35.2 Å². The van der Waals surface area contributed by atoms with Crippen LogP contribution in [0.3, 0.4) is 0 Å². The van der Waals surface area contributed by atoms with Crippen molar-refractivity contribution < 1.29 is 4.74 Å². The Kier molecular flexibility index (Phi) is 4.37. The second kappa shape index (κ2) is 6.22. The van der Waals surface area contributed by atoms with Gasteiger partial charge in [0, 0.05) is 5.56 Å². The lowest BCUT2D eigenvalue weighted by Crippen LogP contribution is -2.00. The van der Waals surface area contributed by atoms with Crippen LogP contribution in [0.5, 0.6) is 5.75 Å². The molecule has 0 aromatic heterocycles. The van der Waals surface area contributed by atoms with E-state index in [0.29, 0.717) is 0 Å². The maximum absolute atomic E-state index is 5.56. The molecular formula is C16H19NO. The average molecular weight is 241 g/mol. The maximum Gasteiger partial charge on any atom is 0.126 e. The van der Waals surface area contributed by atoms with Gasteiger partial charge in [0.2, 0.25) is 0 Å². The summed E-state index contributed by atoms with van der Waals surface area (Å²) in [7, 11) is 1.71. The van der Waals surface area contributed by atoms with Crippen LogP contribution >= 0.6 is 0 Å². The first-order valence-electron chi connectivity index (χ1n) is 6.27. The summed E-state index contributed by atoms with van der Waals surface area (Å²) in [6, 6.07) is 16.7. The number of rotatable bonds is 5. The second-order valence-electron chi connectivity index (χ2n) is 4.29. The van der Waals surface area contributed by atoms with E-state index in [2.05, 4.69) is 24.3 Å². The number of methoxy groups -OCH3 is 1. The van der Waals surface area contributed by atoms with Crippen molar-refractivity contribution in [3.05, 3.63) is 54.1 Å². The van der Waals surface area contributed by atoms with Crippen LogP contribution in [0.2, 0.25) is 0 Å². The van der Waals surface area contributed by atoms with Gasteiger partial charge in [0.15, 0.2) is 0 Å². The largest absolute Gasteiger partial charge is 0.496 e. The molecule has 18 heavy (non-hydrogen) atoms. The minimum atomic E-state index is 0.729. The standard InChI is InChI=1S/C16H19NO/c1-18-16-10-9-13(6-5-11-17)12-15(16)14-7-3-2-4-8-14/h2-4,7-10,12H,5-6,11,17H2,1H3. The third kappa shape index (κ3) is 2.90. The molecule has 2 rings (SSSR count). The van der Waals surface area contributed by atoms with Crippen LogP contribution in [-0.2, 0) is 6.42 Å². The van der Waals surface area contributed by atoms with E-state index in [-0.39, 0.29) is 0 Å². The van der Waals surface area contributed by atoms with Crippen LogP contribution in [0.25, 0.3) is 11.1 Å². The Labute approximate surface area is 108 Å². The predicted octanol–water partition coefficient (Wildman–Crippen LogP) is 3.25. The Balaban J connectivity index is 2.37. The molecule has 0 saturated heterocycles. The van der Waals surface area contributed by atoms with Crippen LogP contribution in [0.1, 0.15) is 12.0 Å². The number of nitrogens with two attached hydrogens (primary N) is 1. The Morgan fingerprint density at radius 2 is 1.83 bits per heavy atom. The lowest BCUT2D eigenvalue weighted by atomic mass is 10.00. The third-order valence-corrected chi connectivity index (χ3v) is 3.02. The van der Waals surface area contributed by atoms with Crippen molar-refractivity contribution in [1.29, 1.82) is 0 Å². The highest BCUT2D eigenvalue weighted by Gasteiger charge is 2.06. The molecule has 0 amide bonds. The monoisotopic (exact) mass is 241 g/mol. The summed E-state index contributed by atoms with van der Waals surface area (Å²) < 4.78 is 5.43. The Morgan fingerprint density at radius 1 is 1.06 bits per heavy atom. The molecule has 0 unspecified atom stereocenters. The van der Waals surface area contributed by atoms with Gasteiger partial charge >= 0.3 is 0 Å². The minimum absolute atomic E-state index is 0.729. The van der Waals surface area contributed by atoms with E-state index in [0.717, 1.165) is 30.7 Å². The molecule has 0 spiro atoms. The van der Waals surface area contributed by atoms with Crippen LogP contribution in [0.15, 0.2) is 48.5 Å². The highest BCUT2D eigenvalue weighted by atomic mass is 16.5. The first-order chi connectivity index (χ1) is 8.85. The van der Waals surface area contributed by atoms with Crippen molar-refractivity contribution in [3.63, 3.8) is 0 Å². The lowest BCUT2D eigenvalue weighted by molar-refractivity contribution is 0.416. The van der Waals surface area contributed by atoms with Crippen LogP contribution in [0.4, 0.5) is 0 Å². The second-order valence-corrected chi connectivity index (χ2v) is 4.29. The minimum Gasteiger partial charge on any atom is -0.496 e. The zero-order chi connectivity index (χ0) is 12.8. The van der Waals surface area contributed by atoms with Gasteiger partial charge in [0.25, 0.3) is 0 Å². The Morgan fingerprint density at radius 3 is 2.50 bits per heavy atom. The first kappa shape index (κ1) is 12.7. The van der Waals surface area contributed by atoms with E-state index in [1.165, 1.54) is 11.1 Å². The summed E-state index contributed by atoms with van der Waals surface area (Å²) in [6.45, 7) is 0.729. The molecule has 2 N–H and O–H groups in total. The molecular weight excluding hydrogens is 222 g/mol. The average Bonchev–Trinajstić information content (AvgIpc) is 2.45. The van der Waals surface area contributed by atoms with Gasteiger partial charge in [-0.15, -0.1) is 0 Å². The van der Waals surface area contributed by atoms with Crippen molar-refractivity contribution >= 4 is 0 Å². The number of hydrogen-bond acceptors (Lipinski definition) is 2. The summed E-state index contributed by atoms with van der Waals surface area (Å²) in [5.74, 6) is 0.915. The molecule has 94 valence electrons. The van der Waals surface area contributed by atoms with Crippen molar-refractivity contribution in [1.82, 2.24) is 0 Å². The molecule has 0 aliphatic rings. The summed E-state index contributed by atoms with van der Waals surface area (Å²) in [6.07, 6.45) is 2.03. The van der Waals surface area contributed by atoms with E-state index >= 15 is 0 Å². The van der Waals surface area contributed by atoms with E-state index < -0.39 is 0 Å². The molecule has 0 aliphatic heterocycles. The quantitative estimate of drug-likeness (QED) is 0.872. The molecule has 0 radical (unpaired) electrons. The van der Waals surface area contributed by atoms with E-state index in [4.69, 9.17) is 10.5 Å². The fourth-order valence-corrected chi connectivity index (χ4v) is 2.06. The maximum atomic E-state index is 5.56. The highest BCUT2D eigenvalue weighted by molar-refractivity contribution is 5.71. The van der Waals surface area contributed by atoms with Gasteiger partial charge in [-0.1, -0.05) is 36.4 Å². The highest BCUT2D eigenvalue weighted by Crippen LogP contribution is 2.30. The summed E-state index contributed by atoms with van der Waals surface area (Å²) in [5, 5.41) is 0. The van der Waals surface area contributed by atoms with Gasteiger partial charge in [-0.05, 0) is 42.6 Å². The first-order valence-corrected chi connectivity index (χ1v) is 6.27. The van der Waals surface area contributed by atoms with Crippen molar-refractivity contribution in [3.8, 4) is 16.9 Å². The molecule has 2 heteroatoms. The van der Waals surface area contributed by atoms with Gasteiger partial charge in [-0.25, -0.2) is 0 Å². The van der Waals surface area contributed by atoms with E-state index in [1.54, 1.807) is 7.11 Å². The summed E-state index contributed by atoms with van der Waals surface area (Å²) in [4.78, 5) is 0. The Bertz CT molecular complexity index is 494. The zero-order valence-electron chi connectivity index (χ0n) is 10.7. The lowest BCUT2D eigenvalue weighted by Gasteiger charge is -2.11. The van der Waals surface area contributed by atoms with Gasteiger partial charge in [-0.2, -0.15) is 0 Å². The van der Waals surface area contributed by atoms with Crippen LogP contribution in [0, 0.1) is 0 Å². The summed E-state index contributed by atoms with van der Waals surface area (Å²) in [5.41, 5.74) is 9.19. The molecule has 2 nitrogen and oxygen atoms in total. The third-order valence-electron chi connectivity index (χ3n) is 3.02. The zero-order valence-corrected chi connectivity index (χ0v) is 10.7. The predicted molar refractivity (Wildman–Crippen MR) is 75.8 cm³/mol. The van der Waals surface area contributed by atoms with Crippen molar-refractivity contribution in [2.45, 2.75) is 12.8 Å². The van der Waals surface area contributed by atoms with E-state index in [9.17, 15) is 0 Å². The molecule has 0 saturated carbocycles. The number of benzene rings is 2. The molecule has 2 aromatic carbocycles. The smallest absolute Gasteiger partial charge is 0.126 e. The van der Waals surface area contributed by atoms with Gasteiger partial charge in [0.05, 0.1) is 7.11 Å². The van der Waals surface area contributed by atoms with Gasteiger partial charge in [-0.3, -0.25) is 0 Å². The normalized spacial score (nSPS) is 10.3. The molecule has 0 bridgehead atoms. The van der Waals surface area contributed by atoms with Crippen LogP contribution < -0.4 is 10.5 Å². The SMILES string of the molecule is COc1ccc(CCCN)cc1-c1ccccc1. The Hall–Kier alpha value is -1.80. The molecule has 0 heterocycles. The number of hydrogen-bond donors (Lipinski definition) is 1. The van der Waals surface area contributed by atoms with Gasteiger partial charge in [0.1, 0.15) is 5.75 Å². The van der Waals surface area contributed by atoms with Gasteiger partial charge < -0.3 is 10.5 Å². The molecule has 0 fully saturated rings. The van der Waals surface area contributed by atoms with E-state index in [1.807, 2.05) is 24.3 Å². The fourth-order valence-electron chi connectivity index (χ4n) is 2.06. The fraction of sp³-hybridized carbons (Fsp3) is 0.250. The number of aryl methyl sites for hydroxylation is 1.